The molecule has 4 rings (SSSR count). The lowest BCUT2D eigenvalue weighted by Crippen LogP contribution is -2.47. The number of rotatable bonds is 6. The van der Waals surface area contributed by atoms with E-state index in [9.17, 15) is 27.9 Å². The highest BCUT2D eigenvalue weighted by atomic mass is 19.4. The van der Waals surface area contributed by atoms with Crippen molar-refractivity contribution in [1.82, 2.24) is 0 Å². The first-order valence-corrected chi connectivity index (χ1v) is 11.7. The predicted octanol–water partition coefficient (Wildman–Crippen LogP) is 4.61. The summed E-state index contributed by atoms with van der Waals surface area (Å²) in [5, 5.41) is 19.7. The number of carbonyl (C=O) groups excluding carboxylic acids is 1. The molecule has 3 aromatic rings. The van der Waals surface area contributed by atoms with Crippen LogP contribution in [-0.4, -0.2) is 67.5 Å². The molecule has 0 unspecified atom stereocenters. The van der Waals surface area contributed by atoms with Crippen LogP contribution in [0, 0.1) is 0 Å². The molecular weight excluding hydrogens is 519 g/mol. The number of para-hydroxylation sites is 2. The second-order valence-electron chi connectivity index (χ2n) is 8.31. The van der Waals surface area contributed by atoms with E-state index in [4.69, 9.17) is 14.6 Å². The van der Waals surface area contributed by atoms with Crippen molar-refractivity contribution >= 4 is 34.9 Å². The maximum atomic E-state index is 12.4. The first kappa shape index (κ1) is 28.8. The smallest absolute Gasteiger partial charge is 0.490 e. The average Bonchev–Trinajstić information content (AvgIpc) is 2.93. The lowest BCUT2D eigenvalue weighted by atomic mass is 10.1. The van der Waals surface area contributed by atoms with Crippen molar-refractivity contribution in [2.75, 3.05) is 48.4 Å². The van der Waals surface area contributed by atoms with Gasteiger partial charge < -0.3 is 30.1 Å². The Morgan fingerprint density at radius 3 is 1.90 bits per heavy atom. The summed E-state index contributed by atoms with van der Waals surface area (Å²) in [7, 11) is 1.66. The van der Waals surface area contributed by atoms with E-state index < -0.39 is 18.1 Å². The molecule has 39 heavy (non-hydrogen) atoms. The van der Waals surface area contributed by atoms with Gasteiger partial charge in [-0.3, -0.25) is 4.79 Å². The molecule has 1 heterocycles. The molecule has 1 aliphatic heterocycles. The number of nitrogens with one attached hydrogen (secondary N) is 1. The number of methoxy groups -OCH3 is 1. The quantitative estimate of drug-likeness (QED) is 0.411. The first-order valence-electron chi connectivity index (χ1n) is 11.7. The molecule has 0 atom stereocenters. The van der Waals surface area contributed by atoms with E-state index >= 15 is 0 Å². The number of aromatic carboxylic acids is 1. The fourth-order valence-corrected chi connectivity index (χ4v) is 3.93. The van der Waals surface area contributed by atoms with Crippen LogP contribution in [0.3, 0.4) is 0 Å². The molecule has 0 radical (unpaired) electrons. The molecule has 0 aromatic heterocycles. The molecule has 1 saturated heterocycles. The monoisotopic (exact) mass is 545 g/mol. The number of amides is 1. The van der Waals surface area contributed by atoms with Gasteiger partial charge in [-0.2, -0.15) is 13.2 Å². The summed E-state index contributed by atoms with van der Waals surface area (Å²) in [6.45, 7) is 2.83. The van der Waals surface area contributed by atoms with Crippen LogP contribution in [0.2, 0.25) is 0 Å². The van der Waals surface area contributed by atoms with E-state index in [0.29, 0.717) is 30.0 Å². The molecular formula is C27H26F3N3O6. The Bertz CT molecular complexity index is 1310. The third kappa shape index (κ3) is 7.63. The zero-order valence-corrected chi connectivity index (χ0v) is 20.8. The van der Waals surface area contributed by atoms with Crippen molar-refractivity contribution in [3.63, 3.8) is 0 Å². The summed E-state index contributed by atoms with van der Waals surface area (Å²) in [4.78, 5) is 37.6. The minimum Gasteiger partial charge on any atom is -0.495 e. The van der Waals surface area contributed by atoms with E-state index in [2.05, 4.69) is 15.1 Å². The van der Waals surface area contributed by atoms with E-state index in [-0.39, 0.29) is 11.5 Å². The molecule has 1 fully saturated rings. The van der Waals surface area contributed by atoms with Crippen LogP contribution in [0.15, 0.2) is 72.8 Å². The van der Waals surface area contributed by atoms with Gasteiger partial charge >= 0.3 is 18.1 Å². The number of carboxylic acids is 2. The number of anilines is 3. The third-order valence-corrected chi connectivity index (χ3v) is 5.81. The molecule has 206 valence electrons. The number of hydrogen-bond acceptors (Lipinski definition) is 6. The number of aliphatic carboxylic acids is 1. The van der Waals surface area contributed by atoms with E-state index in [0.717, 1.165) is 24.5 Å². The van der Waals surface area contributed by atoms with Crippen molar-refractivity contribution in [2.24, 2.45) is 0 Å². The first-order chi connectivity index (χ1) is 18.5. The highest BCUT2D eigenvalue weighted by Crippen LogP contribution is 2.31. The molecule has 0 bridgehead atoms. The minimum atomic E-state index is -5.08. The van der Waals surface area contributed by atoms with Crippen molar-refractivity contribution in [3.8, 4) is 5.75 Å². The van der Waals surface area contributed by atoms with Crippen LogP contribution in [-0.2, 0) is 4.79 Å². The van der Waals surface area contributed by atoms with Crippen LogP contribution < -0.4 is 19.9 Å². The number of carbonyl (C=O) groups is 3. The number of halogens is 3. The molecule has 3 N–H and O–H groups in total. The topological polar surface area (TPSA) is 119 Å². The van der Waals surface area contributed by atoms with Gasteiger partial charge in [-0.1, -0.05) is 30.3 Å². The summed E-state index contributed by atoms with van der Waals surface area (Å²) >= 11 is 0. The van der Waals surface area contributed by atoms with Gasteiger partial charge in [0.15, 0.2) is 0 Å². The lowest BCUT2D eigenvalue weighted by Gasteiger charge is -2.38. The van der Waals surface area contributed by atoms with E-state index in [1.807, 2.05) is 30.3 Å². The summed E-state index contributed by atoms with van der Waals surface area (Å²) < 4.78 is 37.2. The molecule has 3 aromatic carbocycles. The Labute approximate surface area is 222 Å². The Morgan fingerprint density at radius 1 is 0.821 bits per heavy atom. The zero-order chi connectivity index (χ0) is 28.6. The van der Waals surface area contributed by atoms with Gasteiger partial charge in [0, 0.05) is 37.4 Å². The molecule has 0 aliphatic carbocycles. The van der Waals surface area contributed by atoms with Gasteiger partial charge in [0.25, 0.3) is 5.91 Å². The third-order valence-electron chi connectivity index (χ3n) is 5.81. The second kappa shape index (κ2) is 12.7. The Balaban J connectivity index is 0.000000532. The molecule has 12 heteroatoms. The van der Waals surface area contributed by atoms with Crippen molar-refractivity contribution in [1.29, 1.82) is 0 Å². The maximum absolute atomic E-state index is 12.4. The van der Waals surface area contributed by atoms with Crippen molar-refractivity contribution in [2.45, 2.75) is 6.18 Å². The van der Waals surface area contributed by atoms with Crippen LogP contribution >= 0.6 is 0 Å². The summed E-state index contributed by atoms with van der Waals surface area (Å²) in [5.41, 5.74) is 2.82. The number of alkyl halides is 3. The van der Waals surface area contributed by atoms with Gasteiger partial charge in [-0.15, -0.1) is 0 Å². The predicted molar refractivity (Wildman–Crippen MR) is 139 cm³/mol. The van der Waals surface area contributed by atoms with Crippen molar-refractivity contribution in [3.05, 3.63) is 83.9 Å². The number of ether oxygens (including phenoxy) is 1. The van der Waals surface area contributed by atoms with Crippen LogP contribution in [0.4, 0.5) is 30.2 Å². The number of carboxylic acid groups (broad SMARTS) is 2. The highest BCUT2D eigenvalue weighted by Gasteiger charge is 2.38. The summed E-state index contributed by atoms with van der Waals surface area (Å²) in [6, 6.07) is 21.7. The average molecular weight is 546 g/mol. The fourth-order valence-electron chi connectivity index (χ4n) is 3.93. The van der Waals surface area contributed by atoms with Crippen molar-refractivity contribution < 1.29 is 42.5 Å². The highest BCUT2D eigenvalue weighted by molar-refractivity contribution is 6.05. The van der Waals surface area contributed by atoms with Crippen LogP contribution in [0.1, 0.15) is 20.7 Å². The minimum absolute atomic E-state index is 0.168. The number of benzene rings is 3. The summed E-state index contributed by atoms with van der Waals surface area (Å²) in [5.74, 6) is -3.23. The fraction of sp³-hybridized carbons (Fsp3) is 0.222. The maximum Gasteiger partial charge on any atom is 0.490 e. The van der Waals surface area contributed by atoms with Gasteiger partial charge in [-0.05, 0) is 42.5 Å². The van der Waals surface area contributed by atoms with Gasteiger partial charge in [-0.25, -0.2) is 9.59 Å². The zero-order valence-electron chi connectivity index (χ0n) is 20.8. The van der Waals surface area contributed by atoms with Gasteiger partial charge in [0.1, 0.15) is 5.75 Å². The molecule has 9 nitrogen and oxygen atoms in total. The number of hydrogen-bond donors (Lipinski definition) is 3. The summed E-state index contributed by atoms with van der Waals surface area (Å²) in [6.07, 6.45) is -5.08. The lowest BCUT2D eigenvalue weighted by molar-refractivity contribution is -0.192. The van der Waals surface area contributed by atoms with Gasteiger partial charge in [0.05, 0.1) is 24.0 Å². The number of piperazine rings is 1. The van der Waals surface area contributed by atoms with E-state index in [1.54, 1.807) is 43.5 Å². The normalized spacial score (nSPS) is 13.1. The Morgan fingerprint density at radius 2 is 1.36 bits per heavy atom. The molecule has 1 aliphatic rings. The molecule has 1 amide bonds. The Hall–Kier alpha value is -4.74. The second-order valence-corrected chi connectivity index (χ2v) is 8.31. The van der Waals surface area contributed by atoms with Gasteiger partial charge in [0.2, 0.25) is 0 Å². The SMILES string of the molecule is COc1ccccc1N1CCN(c2ccc(NC(=O)c3ccccc3)cc2C(=O)O)CC1.O=C(O)C(F)(F)F. The molecule has 0 saturated carbocycles. The Kier molecular flexibility index (Phi) is 9.37. The standard InChI is InChI=1S/C25H25N3O4.C2HF3O2/c1-32-23-10-6-5-9-22(23)28-15-13-27(14-16-28)21-12-11-19(17-20(21)25(30)31)26-24(29)18-7-3-2-4-8-18;3-2(4,5)1(6)7/h2-12,17H,13-16H2,1H3,(H,26,29)(H,30,31);(H,6,7). The largest absolute Gasteiger partial charge is 0.495 e. The number of nitrogens with zero attached hydrogens (tertiary/aromatic N) is 2. The van der Waals surface area contributed by atoms with Crippen LogP contribution in [0.25, 0.3) is 0 Å². The molecule has 0 spiro atoms. The van der Waals surface area contributed by atoms with Crippen LogP contribution in [0.5, 0.6) is 5.75 Å². The van der Waals surface area contributed by atoms with E-state index in [1.165, 1.54) is 6.07 Å².